The molecule has 0 saturated heterocycles. The van der Waals surface area contributed by atoms with Crippen LogP contribution in [0.5, 0.6) is 0 Å². The zero-order valence-corrected chi connectivity index (χ0v) is 15.0. The molecule has 0 amide bonds. The molecule has 2 heteroatoms. The van der Waals surface area contributed by atoms with E-state index in [1.54, 1.807) is 0 Å². The molecule has 0 bridgehead atoms. The topological polar surface area (TPSA) is 37.3 Å². The summed E-state index contributed by atoms with van der Waals surface area (Å²) in [7, 11) is 0. The lowest BCUT2D eigenvalue weighted by Gasteiger charge is -2.56. The molecule has 0 unspecified atom stereocenters. The number of rotatable bonds is 2. The SMILES string of the molecule is CC[C@]12CC[C@H]3[C@@H](CC[C@H]4C[C@@H](O)CC[C@@H]43)[C@@H]1CC[C@@H]2C(C)=O. The van der Waals surface area contributed by atoms with E-state index in [-0.39, 0.29) is 6.10 Å². The van der Waals surface area contributed by atoms with Gasteiger partial charge in [-0.1, -0.05) is 6.92 Å². The van der Waals surface area contributed by atoms with Crippen LogP contribution >= 0.6 is 0 Å². The van der Waals surface area contributed by atoms with Gasteiger partial charge in [-0.2, -0.15) is 0 Å². The highest BCUT2D eigenvalue weighted by atomic mass is 16.3. The Bertz CT molecular complexity index is 472. The monoisotopic (exact) mass is 318 g/mol. The van der Waals surface area contributed by atoms with Gasteiger partial charge in [-0.3, -0.25) is 4.79 Å². The Morgan fingerprint density at radius 1 is 1.00 bits per heavy atom. The molecule has 0 aromatic carbocycles. The highest BCUT2D eigenvalue weighted by Crippen LogP contribution is 2.65. The number of carbonyl (C=O) groups excluding carboxylic acids is 1. The summed E-state index contributed by atoms with van der Waals surface area (Å²) in [6.07, 6.45) is 12.4. The van der Waals surface area contributed by atoms with Gasteiger partial charge in [0.05, 0.1) is 6.10 Å². The van der Waals surface area contributed by atoms with Gasteiger partial charge in [0.25, 0.3) is 0 Å². The fourth-order valence-electron chi connectivity index (χ4n) is 7.93. The lowest BCUT2D eigenvalue weighted by atomic mass is 9.48. The molecule has 4 aliphatic carbocycles. The van der Waals surface area contributed by atoms with E-state index in [2.05, 4.69) is 6.92 Å². The fraction of sp³-hybridized carbons (Fsp3) is 0.952. The molecule has 4 saturated carbocycles. The minimum atomic E-state index is -0.0281. The summed E-state index contributed by atoms with van der Waals surface area (Å²) in [5.41, 5.74) is 0.341. The summed E-state index contributed by atoms with van der Waals surface area (Å²) >= 11 is 0. The fourth-order valence-corrected chi connectivity index (χ4v) is 7.93. The van der Waals surface area contributed by atoms with Crippen molar-refractivity contribution >= 4 is 5.78 Å². The van der Waals surface area contributed by atoms with E-state index in [0.717, 1.165) is 48.9 Å². The second kappa shape index (κ2) is 5.86. The molecule has 130 valence electrons. The average molecular weight is 319 g/mol. The van der Waals surface area contributed by atoms with Crippen molar-refractivity contribution in [2.24, 2.45) is 40.9 Å². The summed E-state index contributed by atoms with van der Waals surface area (Å²) in [5.74, 6) is 5.07. The summed E-state index contributed by atoms with van der Waals surface area (Å²) in [4.78, 5) is 12.3. The molecule has 0 aromatic rings. The summed E-state index contributed by atoms with van der Waals surface area (Å²) < 4.78 is 0. The van der Waals surface area contributed by atoms with E-state index >= 15 is 0 Å². The number of hydrogen-bond donors (Lipinski definition) is 1. The molecular formula is C21H34O2. The molecule has 4 aliphatic rings. The molecule has 8 atom stereocenters. The van der Waals surface area contributed by atoms with Crippen LogP contribution in [0.15, 0.2) is 0 Å². The first-order valence-electron chi connectivity index (χ1n) is 10.3. The Morgan fingerprint density at radius 2 is 1.78 bits per heavy atom. The third-order valence-corrected chi connectivity index (χ3v) is 8.79. The van der Waals surface area contributed by atoms with Crippen LogP contribution in [0.1, 0.15) is 78.1 Å². The Morgan fingerprint density at radius 3 is 2.52 bits per heavy atom. The Kier molecular flexibility index (Phi) is 4.11. The quantitative estimate of drug-likeness (QED) is 0.808. The normalized spacial score (nSPS) is 52.4. The van der Waals surface area contributed by atoms with Gasteiger partial charge in [0, 0.05) is 5.92 Å². The maximum atomic E-state index is 12.3. The van der Waals surface area contributed by atoms with Crippen LogP contribution in [0, 0.1) is 40.9 Å². The predicted octanol–water partition coefficient (Wildman–Crippen LogP) is 4.60. The van der Waals surface area contributed by atoms with Gasteiger partial charge in [-0.25, -0.2) is 0 Å². The van der Waals surface area contributed by atoms with E-state index in [0.29, 0.717) is 17.1 Å². The number of hydrogen-bond acceptors (Lipinski definition) is 2. The highest BCUT2D eigenvalue weighted by Gasteiger charge is 2.59. The Labute approximate surface area is 141 Å². The second-order valence-electron chi connectivity index (χ2n) is 9.27. The van der Waals surface area contributed by atoms with Crippen molar-refractivity contribution in [2.75, 3.05) is 0 Å². The Balaban J connectivity index is 1.59. The van der Waals surface area contributed by atoms with Crippen LogP contribution in [-0.2, 0) is 4.79 Å². The third kappa shape index (κ3) is 2.34. The largest absolute Gasteiger partial charge is 0.393 e. The minimum absolute atomic E-state index is 0.0281. The van der Waals surface area contributed by atoms with Crippen molar-refractivity contribution < 1.29 is 9.90 Å². The first-order chi connectivity index (χ1) is 11.1. The standard InChI is InChI=1S/C21H34O2/c1-3-21-11-10-17-16-7-5-15(23)12-14(16)4-6-18(17)20(21)9-8-19(21)13(2)22/h14-20,23H,3-12H2,1-2H3/t14-,15-,16-,17+,18+,19+,20-,21+/m0/s1. The Hall–Kier alpha value is -0.370. The molecular weight excluding hydrogens is 284 g/mol. The molecule has 0 aromatic heterocycles. The zero-order chi connectivity index (χ0) is 16.2. The highest BCUT2D eigenvalue weighted by molar-refractivity contribution is 5.79. The van der Waals surface area contributed by atoms with Crippen LogP contribution in [0.3, 0.4) is 0 Å². The van der Waals surface area contributed by atoms with Gasteiger partial charge in [0.15, 0.2) is 0 Å². The summed E-state index contributed by atoms with van der Waals surface area (Å²) in [6, 6.07) is 0. The third-order valence-electron chi connectivity index (χ3n) is 8.79. The molecule has 4 rings (SSSR count). The van der Waals surface area contributed by atoms with Gasteiger partial charge in [-0.05, 0) is 106 Å². The number of carbonyl (C=O) groups is 1. The minimum Gasteiger partial charge on any atom is -0.393 e. The molecule has 0 radical (unpaired) electrons. The second-order valence-corrected chi connectivity index (χ2v) is 9.27. The van der Waals surface area contributed by atoms with E-state index in [1.165, 1.54) is 44.9 Å². The number of fused-ring (bicyclic) bond motifs is 5. The number of ketones is 1. The molecule has 1 N–H and O–H groups in total. The van der Waals surface area contributed by atoms with Gasteiger partial charge in [-0.15, -0.1) is 0 Å². The van der Waals surface area contributed by atoms with Crippen molar-refractivity contribution in [3.05, 3.63) is 0 Å². The van der Waals surface area contributed by atoms with E-state index < -0.39 is 0 Å². The maximum Gasteiger partial charge on any atom is 0.133 e. The molecule has 0 heterocycles. The number of aliphatic hydroxyl groups excluding tert-OH is 1. The zero-order valence-electron chi connectivity index (χ0n) is 15.0. The molecule has 4 fully saturated rings. The molecule has 0 aliphatic heterocycles. The van der Waals surface area contributed by atoms with Crippen molar-refractivity contribution in [1.29, 1.82) is 0 Å². The van der Waals surface area contributed by atoms with Crippen LogP contribution in [-0.4, -0.2) is 17.0 Å². The van der Waals surface area contributed by atoms with Gasteiger partial charge in [0.2, 0.25) is 0 Å². The van der Waals surface area contributed by atoms with Crippen molar-refractivity contribution in [2.45, 2.75) is 84.2 Å². The van der Waals surface area contributed by atoms with Crippen LogP contribution in [0.2, 0.25) is 0 Å². The number of aliphatic hydroxyl groups is 1. The van der Waals surface area contributed by atoms with E-state index in [4.69, 9.17) is 0 Å². The maximum absolute atomic E-state index is 12.3. The van der Waals surface area contributed by atoms with Gasteiger partial charge in [0.1, 0.15) is 5.78 Å². The first kappa shape index (κ1) is 16.1. The summed E-state index contributed by atoms with van der Waals surface area (Å²) in [5, 5.41) is 10.0. The molecule has 2 nitrogen and oxygen atoms in total. The molecule has 0 spiro atoms. The van der Waals surface area contributed by atoms with E-state index in [1.807, 2.05) is 6.92 Å². The van der Waals surface area contributed by atoms with Crippen LogP contribution in [0.4, 0.5) is 0 Å². The van der Waals surface area contributed by atoms with Crippen molar-refractivity contribution in [3.63, 3.8) is 0 Å². The van der Waals surface area contributed by atoms with Crippen molar-refractivity contribution in [1.82, 2.24) is 0 Å². The molecule has 23 heavy (non-hydrogen) atoms. The lowest BCUT2D eigenvalue weighted by molar-refractivity contribution is -0.130. The van der Waals surface area contributed by atoms with Crippen LogP contribution in [0.25, 0.3) is 0 Å². The van der Waals surface area contributed by atoms with Crippen LogP contribution < -0.4 is 0 Å². The first-order valence-corrected chi connectivity index (χ1v) is 10.3. The lowest BCUT2D eigenvalue weighted by Crippen LogP contribution is -2.50. The van der Waals surface area contributed by atoms with E-state index in [9.17, 15) is 9.90 Å². The smallest absolute Gasteiger partial charge is 0.133 e. The van der Waals surface area contributed by atoms with Crippen molar-refractivity contribution in [3.8, 4) is 0 Å². The van der Waals surface area contributed by atoms with Gasteiger partial charge < -0.3 is 5.11 Å². The average Bonchev–Trinajstić information content (AvgIpc) is 2.94. The number of Topliss-reactive ketones (excluding diaryl/α,β-unsaturated/α-hetero) is 1. The van der Waals surface area contributed by atoms with Gasteiger partial charge >= 0.3 is 0 Å². The summed E-state index contributed by atoms with van der Waals surface area (Å²) in [6.45, 7) is 4.19. The predicted molar refractivity (Wildman–Crippen MR) is 91.9 cm³/mol.